The van der Waals surface area contributed by atoms with Gasteiger partial charge in [0.05, 0.1) is 0 Å². The standard InChI is InChI=1S/C21H29N3O4/c25-19(24-13-4-3-7-18(24)8-9-20(26)27)10-12-22-21(28)23-14-11-16-5-1-2-6-17(16)15-23/h1-2,5-6,18H,3-4,7-15H2,(H,22,28)(H,26,27). The van der Waals surface area contributed by atoms with Crippen LogP contribution in [0, 0.1) is 0 Å². The normalized spacial score (nSPS) is 19.1. The molecule has 2 heterocycles. The molecule has 7 nitrogen and oxygen atoms in total. The number of rotatable bonds is 6. The van der Waals surface area contributed by atoms with Crippen LogP contribution in [0.4, 0.5) is 4.79 Å². The molecule has 1 fully saturated rings. The summed E-state index contributed by atoms with van der Waals surface area (Å²) in [4.78, 5) is 39.5. The van der Waals surface area contributed by atoms with Crippen LogP contribution in [0.1, 0.15) is 49.7 Å². The van der Waals surface area contributed by atoms with Crippen LogP contribution in [-0.2, 0) is 22.6 Å². The number of carbonyl (C=O) groups excluding carboxylic acids is 2. The molecule has 0 radical (unpaired) electrons. The third-order valence-corrected chi connectivity index (χ3v) is 5.67. The average Bonchev–Trinajstić information content (AvgIpc) is 2.71. The number of aliphatic carboxylic acids is 1. The number of hydrogen-bond acceptors (Lipinski definition) is 3. The molecule has 1 saturated heterocycles. The van der Waals surface area contributed by atoms with E-state index in [0.29, 0.717) is 32.6 Å². The second-order valence-corrected chi connectivity index (χ2v) is 7.59. The SMILES string of the molecule is O=C(O)CCC1CCCCN1C(=O)CCNC(=O)N1CCc2ccccc2C1. The molecule has 1 atom stereocenters. The average molecular weight is 387 g/mol. The van der Waals surface area contributed by atoms with Crippen LogP contribution in [0.3, 0.4) is 0 Å². The van der Waals surface area contributed by atoms with Gasteiger partial charge in [0.2, 0.25) is 5.91 Å². The minimum atomic E-state index is -0.826. The van der Waals surface area contributed by atoms with Gasteiger partial charge in [0.1, 0.15) is 0 Å². The maximum absolute atomic E-state index is 12.6. The fourth-order valence-electron chi connectivity index (χ4n) is 4.12. The van der Waals surface area contributed by atoms with Gasteiger partial charge in [-0.25, -0.2) is 4.79 Å². The first-order valence-corrected chi connectivity index (χ1v) is 10.2. The zero-order chi connectivity index (χ0) is 19.9. The second kappa shape index (κ2) is 9.57. The van der Waals surface area contributed by atoms with E-state index in [1.54, 1.807) is 4.90 Å². The Morgan fingerprint density at radius 2 is 1.86 bits per heavy atom. The predicted octanol–water partition coefficient (Wildman–Crippen LogP) is 2.39. The maximum atomic E-state index is 12.6. The fourth-order valence-corrected chi connectivity index (χ4v) is 4.12. The molecule has 0 aliphatic carbocycles. The summed E-state index contributed by atoms with van der Waals surface area (Å²) in [6.45, 7) is 2.26. The van der Waals surface area contributed by atoms with Crippen molar-refractivity contribution in [3.63, 3.8) is 0 Å². The van der Waals surface area contributed by atoms with Crippen LogP contribution in [0.15, 0.2) is 24.3 Å². The highest BCUT2D eigenvalue weighted by atomic mass is 16.4. The third kappa shape index (κ3) is 5.24. The lowest BCUT2D eigenvalue weighted by molar-refractivity contribution is -0.140. The largest absolute Gasteiger partial charge is 0.481 e. The van der Waals surface area contributed by atoms with Crippen molar-refractivity contribution in [2.45, 2.75) is 57.5 Å². The van der Waals surface area contributed by atoms with E-state index in [0.717, 1.165) is 25.7 Å². The first-order valence-electron chi connectivity index (χ1n) is 10.2. The van der Waals surface area contributed by atoms with Gasteiger partial charge in [-0.3, -0.25) is 9.59 Å². The van der Waals surface area contributed by atoms with Crippen LogP contribution in [0.2, 0.25) is 0 Å². The Kier molecular flexibility index (Phi) is 6.90. The molecule has 2 N–H and O–H groups in total. The van der Waals surface area contributed by atoms with Gasteiger partial charge in [-0.15, -0.1) is 0 Å². The summed E-state index contributed by atoms with van der Waals surface area (Å²) in [5, 5.41) is 11.8. The molecular formula is C21H29N3O4. The number of carboxylic acids is 1. The van der Waals surface area contributed by atoms with Crippen LogP contribution >= 0.6 is 0 Å². The Morgan fingerprint density at radius 3 is 2.64 bits per heavy atom. The van der Waals surface area contributed by atoms with Crippen LogP contribution in [0.25, 0.3) is 0 Å². The summed E-state index contributed by atoms with van der Waals surface area (Å²) >= 11 is 0. The molecule has 0 spiro atoms. The molecule has 152 valence electrons. The summed E-state index contributed by atoms with van der Waals surface area (Å²) < 4.78 is 0. The molecule has 1 aromatic carbocycles. The van der Waals surface area contributed by atoms with E-state index in [2.05, 4.69) is 11.4 Å². The summed E-state index contributed by atoms with van der Waals surface area (Å²) in [6.07, 6.45) is 4.53. The molecule has 1 aromatic rings. The Morgan fingerprint density at radius 1 is 1.07 bits per heavy atom. The number of carboxylic acid groups (broad SMARTS) is 1. The van der Waals surface area contributed by atoms with Gasteiger partial charge in [-0.05, 0) is 43.2 Å². The van der Waals surface area contributed by atoms with E-state index < -0.39 is 5.97 Å². The lowest BCUT2D eigenvalue weighted by atomic mass is 9.97. The molecule has 28 heavy (non-hydrogen) atoms. The number of benzene rings is 1. The lowest BCUT2D eigenvalue weighted by Crippen LogP contribution is -2.46. The van der Waals surface area contributed by atoms with Crippen molar-refractivity contribution in [1.82, 2.24) is 15.1 Å². The number of carbonyl (C=O) groups is 3. The number of likely N-dealkylation sites (tertiary alicyclic amines) is 1. The van der Waals surface area contributed by atoms with Gasteiger partial charge in [0.25, 0.3) is 0 Å². The highest BCUT2D eigenvalue weighted by molar-refractivity contribution is 5.79. The Bertz CT molecular complexity index is 721. The van der Waals surface area contributed by atoms with Crippen molar-refractivity contribution in [3.05, 3.63) is 35.4 Å². The smallest absolute Gasteiger partial charge is 0.317 e. The molecule has 3 rings (SSSR count). The molecule has 2 aliphatic rings. The van der Waals surface area contributed by atoms with Gasteiger partial charge in [0.15, 0.2) is 0 Å². The van der Waals surface area contributed by atoms with Crippen molar-refractivity contribution >= 4 is 17.9 Å². The number of hydrogen-bond donors (Lipinski definition) is 2. The lowest BCUT2D eigenvalue weighted by Gasteiger charge is -2.36. The van der Waals surface area contributed by atoms with E-state index in [4.69, 9.17) is 5.11 Å². The summed E-state index contributed by atoms with van der Waals surface area (Å²) in [6, 6.07) is 8.02. The van der Waals surface area contributed by atoms with E-state index in [1.165, 1.54) is 11.1 Å². The predicted molar refractivity (Wildman–Crippen MR) is 105 cm³/mol. The second-order valence-electron chi connectivity index (χ2n) is 7.59. The van der Waals surface area contributed by atoms with Gasteiger partial charge in [-0.2, -0.15) is 0 Å². The molecule has 0 saturated carbocycles. The van der Waals surface area contributed by atoms with Crippen LogP contribution in [-0.4, -0.2) is 58.5 Å². The maximum Gasteiger partial charge on any atom is 0.317 e. The first kappa shape index (κ1) is 20.2. The Labute approximate surface area is 165 Å². The molecular weight excluding hydrogens is 358 g/mol. The number of fused-ring (bicyclic) bond motifs is 1. The van der Waals surface area contributed by atoms with Crippen molar-refractivity contribution in [1.29, 1.82) is 0 Å². The first-order chi connectivity index (χ1) is 13.5. The summed E-state index contributed by atoms with van der Waals surface area (Å²) in [5.41, 5.74) is 2.47. The van der Waals surface area contributed by atoms with Crippen LogP contribution < -0.4 is 5.32 Å². The third-order valence-electron chi connectivity index (χ3n) is 5.67. The number of nitrogens with one attached hydrogen (secondary N) is 1. The fraction of sp³-hybridized carbons (Fsp3) is 0.571. The number of amides is 3. The highest BCUT2D eigenvalue weighted by Gasteiger charge is 2.27. The summed E-state index contributed by atoms with van der Waals surface area (Å²) in [5.74, 6) is -0.826. The topological polar surface area (TPSA) is 90.0 Å². The molecule has 0 bridgehead atoms. The zero-order valence-electron chi connectivity index (χ0n) is 16.2. The number of urea groups is 1. The van der Waals surface area contributed by atoms with Gasteiger partial charge in [0, 0.05) is 45.1 Å². The molecule has 7 heteroatoms. The van der Waals surface area contributed by atoms with Crippen molar-refractivity contribution in [2.24, 2.45) is 0 Å². The summed E-state index contributed by atoms with van der Waals surface area (Å²) in [7, 11) is 0. The van der Waals surface area contributed by atoms with E-state index >= 15 is 0 Å². The van der Waals surface area contributed by atoms with Crippen molar-refractivity contribution in [3.8, 4) is 0 Å². The minimum absolute atomic E-state index is 0.000575. The molecule has 3 amide bonds. The number of nitrogens with zero attached hydrogens (tertiary/aromatic N) is 2. The van der Waals surface area contributed by atoms with E-state index in [9.17, 15) is 14.4 Å². The minimum Gasteiger partial charge on any atom is -0.481 e. The molecule has 2 aliphatic heterocycles. The quantitative estimate of drug-likeness (QED) is 0.784. The van der Waals surface area contributed by atoms with Crippen molar-refractivity contribution < 1.29 is 19.5 Å². The van der Waals surface area contributed by atoms with Crippen molar-refractivity contribution in [2.75, 3.05) is 19.6 Å². The van der Waals surface area contributed by atoms with Gasteiger partial charge in [-0.1, -0.05) is 24.3 Å². The molecule has 0 aromatic heterocycles. The van der Waals surface area contributed by atoms with Gasteiger partial charge < -0.3 is 20.2 Å². The molecule has 1 unspecified atom stereocenters. The Balaban J connectivity index is 1.44. The van der Waals surface area contributed by atoms with Crippen LogP contribution in [0.5, 0.6) is 0 Å². The monoisotopic (exact) mass is 387 g/mol. The highest BCUT2D eigenvalue weighted by Crippen LogP contribution is 2.22. The van der Waals surface area contributed by atoms with E-state index in [1.807, 2.05) is 23.1 Å². The number of piperidine rings is 1. The van der Waals surface area contributed by atoms with Gasteiger partial charge >= 0.3 is 12.0 Å². The zero-order valence-corrected chi connectivity index (χ0v) is 16.2. The Hall–Kier alpha value is -2.57. The van der Waals surface area contributed by atoms with E-state index in [-0.39, 0.29) is 30.8 Å².